The summed E-state index contributed by atoms with van der Waals surface area (Å²) in [5.41, 5.74) is 1.86. The van der Waals surface area contributed by atoms with E-state index in [1.807, 2.05) is 24.3 Å². The number of amides is 1. The quantitative estimate of drug-likeness (QED) is 0.857. The van der Waals surface area contributed by atoms with Gasteiger partial charge < -0.3 is 10.2 Å². The van der Waals surface area contributed by atoms with Crippen LogP contribution in [0.5, 0.6) is 0 Å². The van der Waals surface area contributed by atoms with Gasteiger partial charge in [0, 0.05) is 30.5 Å². The Labute approximate surface area is 137 Å². The van der Waals surface area contributed by atoms with E-state index in [0.717, 1.165) is 37.9 Å². The lowest BCUT2D eigenvalue weighted by Gasteiger charge is -2.19. The van der Waals surface area contributed by atoms with Crippen molar-refractivity contribution < 1.29 is 13.2 Å². The van der Waals surface area contributed by atoms with Crippen molar-refractivity contribution in [2.45, 2.75) is 31.7 Å². The van der Waals surface area contributed by atoms with E-state index in [4.69, 9.17) is 0 Å². The average Bonchev–Trinajstić information content (AvgIpc) is 3.18. The minimum absolute atomic E-state index is 0.00621. The van der Waals surface area contributed by atoms with E-state index in [1.54, 1.807) is 0 Å². The number of carbonyl (C=O) groups is 1. The van der Waals surface area contributed by atoms with E-state index in [1.165, 1.54) is 17.1 Å². The molecule has 0 spiro atoms. The molecule has 1 heterocycles. The van der Waals surface area contributed by atoms with Crippen molar-refractivity contribution in [3.8, 4) is 0 Å². The second-order valence-corrected chi connectivity index (χ2v) is 8.26. The predicted octanol–water partition coefficient (Wildman–Crippen LogP) is 1.65. The maximum Gasteiger partial charge on any atom is 0.239 e. The third kappa shape index (κ3) is 4.23. The highest BCUT2D eigenvalue weighted by Gasteiger charge is 2.36. The van der Waals surface area contributed by atoms with Gasteiger partial charge in [0.1, 0.15) is 0 Å². The Kier molecular flexibility index (Phi) is 4.59. The van der Waals surface area contributed by atoms with Crippen molar-refractivity contribution in [2.75, 3.05) is 36.1 Å². The lowest BCUT2D eigenvalue weighted by molar-refractivity contribution is -0.116. The summed E-state index contributed by atoms with van der Waals surface area (Å²) < 4.78 is 24.8. The minimum Gasteiger partial charge on any atom is -0.372 e. The normalized spacial score (nSPS) is 18.4. The summed E-state index contributed by atoms with van der Waals surface area (Å²) in [4.78, 5) is 14.4. The van der Waals surface area contributed by atoms with Crippen molar-refractivity contribution in [2.24, 2.45) is 0 Å². The Bertz CT molecular complexity index is 662. The van der Waals surface area contributed by atoms with E-state index >= 15 is 0 Å². The highest BCUT2D eigenvalue weighted by atomic mass is 32.2. The summed E-state index contributed by atoms with van der Waals surface area (Å²) in [6.07, 6.45) is 5.28. The fraction of sp³-hybridized carbons (Fsp3) is 0.562. The first-order valence-electron chi connectivity index (χ1n) is 8.05. The maximum atomic E-state index is 12.1. The van der Waals surface area contributed by atoms with Gasteiger partial charge in [-0.2, -0.15) is 4.31 Å². The van der Waals surface area contributed by atoms with Crippen molar-refractivity contribution >= 4 is 27.3 Å². The van der Waals surface area contributed by atoms with Crippen LogP contribution >= 0.6 is 0 Å². The van der Waals surface area contributed by atoms with Crippen LogP contribution in [-0.4, -0.2) is 50.6 Å². The van der Waals surface area contributed by atoms with Crippen LogP contribution in [0, 0.1) is 0 Å². The third-order valence-corrected chi connectivity index (χ3v) is 5.58. The SMILES string of the molecule is CS(=O)(=O)N(CC(=O)Nc1ccc(N2CCCC2)cc1)C1CC1. The highest BCUT2D eigenvalue weighted by Crippen LogP contribution is 2.28. The van der Waals surface area contributed by atoms with Crippen LogP contribution in [0.2, 0.25) is 0 Å². The third-order valence-electron chi connectivity index (χ3n) is 4.30. The Hall–Kier alpha value is -1.60. The summed E-state index contributed by atoms with van der Waals surface area (Å²) in [6.45, 7) is 2.05. The molecule has 1 saturated heterocycles. The molecule has 0 unspecified atom stereocenters. The lowest BCUT2D eigenvalue weighted by Crippen LogP contribution is -2.38. The molecule has 126 valence electrons. The molecule has 0 aromatic heterocycles. The summed E-state index contributed by atoms with van der Waals surface area (Å²) in [6, 6.07) is 7.72. The Balaban J connectivity index is 1.59. The van der Waals surface area contributed by atoms with Gasteiger partial charge in [0.25, 0.3) is 0 Å². The number of nitrogens with one attached hydrogen (secondary N) is 1. The molecule has 1 N–H and O–H groups in total. The number of carbonyl (C=O) groups excluding carboxylic acids is 1. The zero-order valence-electron chi connectivity index (χ0n) is 13.4. The minimum atomic E-state index is -3.34. The molecule has 1 saturated carbocycles. The molecular weight excluding hydrogens is 314 g/mol. The molecule has 1 aliphatic heterocycles. The predicted molar refractivity (Wildman–Crippen MR) is 91.1 cm³/mol. The summed E-state index contributed by atoms with van der Waals surface area (Å²) in [7, 11) is -3.34. The van der Waals surface area contributed by atoms with Crippen molar-refractivity contribution in [1.29, 1.82) is 0 Å². The molecule has 6 nitrogen and oxygen atoms in total. The largest absolute Gasteiger partial charge is 0.372 e. The van der Waals surface area contributed by atoms with Gasteiger partial charge in [0.05, 0.1) is 12.8 Å². The molecule has 3 rings (SSSR count). The molecule has 0 radical (unpaired) electrons. The molecule has 0 bridgehead atoms. The maximum absolute atomic E-state index is 12.1. The number of benzene rings is 1. The van der Waals surface area contributed by atoms with E-state index in [-0.39, 0.29) is 18.5 Å². The lowest BCUT2D eigenvalue weighted by atomic mass is 10.2. The summed E-state index contributed by atoms with van der Waals surface area (Å²) >= 11 is 0. The molecule has 1 aromatic rings. The van der Waals surface area contributed by atoms with E-state index in [0.29, 0.717) is 5.69 Å². The summed E-state index contributed by atoms with van der Waals surface area (Å²) in [5, 5.41) is 2.78. The molecule has 0 atom stereocenters. The Morgan fingerprint density at radius 3 is 2.35 bits per heavy atom. The second kappa shape index (κ2) is 6.49. The molecule has 7 heteroatoms. The zero-order valence-corrected chi connectivity index (χ0v) is 14.2. The Morgan fingerprint density at radius 1 is 1.22 bits per heavy atom. The number of anilines is 2. The fourth-order valence-electron chi connectivity index (χ4n) is 2.95. The monoisotopic (exact) mass is 337 g/mol. The molecule has 1 aliphatic carbocycles. The number of sulfonamides is 1. The van der Waals surface area contributed by atoms with Gasteiger partial charge in [-0.1, -0.05) is 0 Å². The fourth-order valence-corrected chi connectivity index (χ4v) is 4.06. The van der Waals surface area contributed by atoms with Crippen LogP contribution in [0.4, 0.5) is 11.4 Å². The van der Waals surface area contributed by atoms with Crippen molar-refractivity contribution in [3.63, 3.8) is 0 Å². The molecule has 23 heavy (non-hydrogen) atoms. The van der Waals surface area contributed by atoms with Crippen molar-refractivity contribution in [3.05, 3.63) is 24.3 Å². The van der Waals surface area contributed by atoms with Gasteiger partial charge in [-0.3, -0.25) is 4.79 Å². The molecular formula is C16H23N3O3S. The topological polar surface area (TPSA) is 69.7 Å². The second-order valence-electron chi connectivity index (χ2n) is 6.33. The van der Waals surface area contributed by atoms with Gasteiger partial charge in [-0.15, -0.1) is 0 Å². The van der Waals surface area contributed by atoms with Gasteiger partial charge in [0.2, 0.25) is 15.9 Å². The van der Waals surface area contributed by atoms with E-state index in [2.05, 4.69) is 10.2 Å². The molecule has 2 aliphatic rings. The van der Waals surface area contributed by atoms with E-state index in [9.17, 15) is 13.2 Å². The first-order valence-corrected chi connectivity index (χ1v) is 9.90. The first-order chi connectivity index (χ1) is 10.9. The molecule has 1 aromatic carbocycles. The van der Waals surface area contributed by atoms with Crippen LogP contribution in [-0.2, 0) is 14.8 Å². The van der Waals surface area contributed by atoms with E-state index < -0.39 is 10.0 Å². The number of nitrogens with zero attached hydrogens (tertiary/aromatic N) is 2. The van der Waals surface area contributed by atoms with Crippen LogP contribution in [0.15, 0.2) is 24.3 Å². The average molecular weight is 337 g/mol. The summed E-state index contributed by atoms with van der Waals surface area (Å²) in [5.74, 6) is -0.295. The van der Waals surface area contributed by atoms with Crippen LogP contribution in [0.3, 0.4) is 0 Å². The first kappa shape index (κ1) is 16.3. The smallest absolute Gasteiger partial charge is 0.239 e. The molecule has 2 fully saturated rings. The Morgan fingerprint density at radius 2 is 1.83 bits per heavy atom. The standard InChI is InChI=1S/C16H23N3O3S/c1-23(21,22)19(15-8-9-15)12-16(20)17-13-4-6-14(7-5-13)18-10-2-3-11-18/h4-7,15H,2-3,8-12H2,1H3,(H,17,20). The number of rotatable bonds is 6. The van der Waals surface area contributed by atoms with Gasteiger partial charge in [-0.05, 0) is 49.9 Å². The number of hydrogen-bond acceptors (Lipinski definition) is 4. The highest BCUT2D eigenvalue weighted by molar-refractivity contribution is 7.88. The van der Waals surface area contributed by atoms with Gasteiger partial charge in [0.15, 0.2) is 0 Å². The van der Waals surface area contributed by atoms with Gasteiger partial charge in [-0.25, -0.2) is 8.42 Å². The van der Waals surface area contributed by atoms with Crippen LogP contribution in [0.25, 0.3) is 0 Å². The van der Waals surface area contributed by atoms with Crippen LogP contribution < -0.4 is 10.2 Å². The van der Waals surface area contributed by atoms with Crippen molar-refractivity contribution in [1.82, 2.24) is 4.31 Å². The zero-order chi connectivity index (χ0) is 16.4. The van der Waals surface area contributed by atoms with Crippen LogP contribution in [0.1, 0.15) is 25.7 Å². The number of hydrogen-bond donors (Lipinski definition) is 1. The molecule has 1 amide bonds. The van der Waals surface area contributed by atoms with Gasteiger partial charge >= 0.3 is 0 Å².